The van der Waals surface area contributed by atoms with Crippen LogP contribution in [-0.2, 0) is 12.3 Å². The van der Waals surface area contributed by atoms with Gasteiger partial charge in [0.2, 0.25) is 0 Å². The Labute approximate surface area is 155 Å². The Balaban J connectivity index is 1.65. The molecule has 3 aromatic rings. The van der Waals surface area contributed by atoms with Gasteiger partial charge in [-0.1, -0.05) is 84.0 Å². The number of halogens is 1. The molecule has 2 aromatic carbocycles. The fraction of sp³-hybridized carbons (Fsp3) is 0.105. The lowest BCUT2D eigenvalue weighted by atomic mass is 10.2. The van der Waals surface area contributed by atoms with Crippen LogP contribution in [0.25, 0.3) is 0 Å². The third-order valence-corrected chi connectivity index (χ3v) is 4.65. The number of thioether (sulfide) groups is 1. The molecule has 1 aromatic heterocycles. The van der Waals surface area contributed by atoms with Gasteiger partial charge in [-0.05, 0) is 11.1 Å². The largest absolute Gasteiger partial charge is 0.347 e. The van der Waals surface area contributed by atoms with E-state index in [9.17, 15) is 4.79 Å². The average Bonchev–Trinajstić information content (AvgIpc) is 2.67. The Morgan fingerprint density at radius 3 is 2.32 bits per heavy atom. The number of amides is 1. The van der Waals surface area contributed by atoms with Crippen LogP contribution in [0.5, 0.6) is 0 Å². The van der Waals surface area contributed by atoms with Gasteiger partial charge in [0.15, 0.2) is 10.9 Å². The van der Waals surface area contributed by atoms with Gasteiger partial charge in [0.05, 0.1) is 11.2 Å². The van der Waals surface area contributed by atoms with Gasteiger partial charge in [-0.25, -0.2) is 9.97 Å². The quantitative estimate of drug-likeness (QED) is 0.518. The zero-order chi connectivity index (χ0) is 17.5. The molecule has 0 fully saturated rings. The number of hydrogen-bond acceptors (Lipinski definition) is 4. The Kier molecular flexibility index (Phi) is 6.04. The van der Waals surface area contributed by atoms with Crippen LogP contribution >= 0.6 is 23.4 Å². The lowest BCUT2D eigenvalue weighted by molar-refractivity contribution is 0.0945. The van der Waals surface area contributed by atoms with Crippen LogP contribution in [0.2, 0.25) is 5.02 Å². The van der Waals surface area contributed by atoms with Crippen molar-refractivity contribution in [1.29, 1.82) is 0 Å². The Morgan fingerprint density at radius 1 is 1.00 bits per heavy atom. The molecule has 0 atom stereocenters. The summed E-state index contributed by atoms with van der Waals surface area (Å²) in [6.07, 6.45) is 1.47. The van der Waals surface area contributed by atoms with E-state index in [1.807, 2.05) is 60.7 Å². The van der Waals surface area contributed by atoms with Crippen LogP contribution in [0.15, 0.2) is 72.0 Å². The van der Waals surface area contributed by atoms with E-state index in [0.29, 0.717) is 11.7 Å². The summed E-state index contributed by atoms with van der Waals surface area (Å²) in [5.41, 5.74) is 2.38. The maximum Gasteiger partial charge on any atom is 0.271 e. The second kappa shape index (κ2) is 8.65. The molecule has 3 rings (SSSR count). The molecule has 0 saturated heterocycles. The average molecular weight is 370 g/mol. The minimum absolute atomic E-state index is 0.197. The molecule has 0 aliphatic rings. The first-order chi connectivity index (χ1) is 12.2. The fourth-order valence-corrected chi connectivity index (χ4v) is 3.11. The van der Waals surface area contributed by atoms with Crippen LogP contribution in [0.4, 0.5) is 0 Å². The highest BCUT2D eigenvalue weighted by atomic mass is 35.5. The number of benzene rings is 2. The van der Waals surface area contributed by atoms with E-state index >= 15 is 0 Å². The zero-order valence-electron chi connectivity index (χ0n) is 13.4. The molecule has 6 heteroatoms. The molecular formula is C19H16ClN3OS. The molecule has 0 aliphatic carbocycles. The van der Waals surface area contributed by atoms with Gasteiger partial charge in [0.1, 0.15) is 0 Å². The first-order valence-corrected chi connectivity index (χ1v) is 9.10. The smallest absolute Gasteiger partial charge is 0.271 e. The molecule has 0 aliphatic heterocycles. The molecule has 0 bridgehead atoms. The normalized spacial score (nSPS) is 10.4. The number of nitrogens with zero attached hydrogens (tertiary/aromatic N) is 2. The van der Waals surface area contributed by atoms with Gasteiger partial charge in [0, 0.05) is 12.3 Å². The third-order valence-electron chi connectivity index (χ3n) is 3.44. The first kappa shape index (κ1) is 17.5. The van der Waals surface area contributed by atoms with Gasteiger partial charge in [-0.2, -0.15) is 0 Å². The van der Waals surface area contributed by atoms with Gasteiger partial charge in [-0.3, -0.25) is 4.79 Å². The molecule has 0 radical (unpaired) electrons. The van der Waals surface area contributed by atoms with Crippen molar-refractivity contribution in [2.75, 3.05) is 0 Å². The lowest BCUT2D eigenvalue weighted by Gasteiger charge is -2.07. The number of aromatic nitrogens is 2. The maximum atomic E-state index is 12.4. The summed E-state index contributed by atoms with van der Waals surface area (Å²) in [4.78, 5) is 20.9. The minimum Gasteiger partial charge on any atom is -0.347 e. The van der Waals surface area contributed by atoms with Crippen molar-refractivity contribution in [1.82, 2.24) is 15.3 Å². The lowest BCUT2D eigenvalue weighted by Crippen LogP contribution is -2.24. The van der Waals surface area contributed by atoms with E-state index in [1.165, 1.54) is 23.5 Å². The Morgan fingerprint density at radius 2 is 1.64 bits per heavy atom. The van der Waals surface area contributed by atoms with Gasteiger partial charge < -0.3 is 5.32 Å². The topological polar surface area (TPSA) is 54.9 Å². The SMILES string of the molecule is O=C(NCc1ccccc1)c1nc(SCc2ccccc2)ncc1Cl. The monoisotopic (exact) mass is 369 g/mol. The van der Waals surface area contributed by atoms with Crippen molar-refractivity contribution in [2.24, 2.45) is 0 Å². The fourth-order valence-electron chi connectivity index (χ4n) is 2.16. The Bertz CT molecular complexity index is 844. The number of carbonyl (C=O) groups excluding carboxylic acids is 1. The predicted molar refractivity (Wildman–Crippen MR) is 101 cm³/mol. The van der Waals surface area contributed by atoms with Gasteiger partial charge >= 0.3 is 0 Å². The second-order valence-electron chi connectivity index (χ2n) is 5.29. The molecule has 4 nitrogen and oxygen atoms in total. The molecule has 0 spiro atoms. The number of hydrogen-bond donors (Lipinski definition) is 1. The summed E-state index contributed by atoms with van der Waals surface area (Å²) < 4.78 is 0. The summed E-state index contributed by atoms with van der Waals surface area (Å²) in [5.74, 6) is 0.422. The van der Waals surface area contributed by atoms with E-state index < -0.39 is 0 Å². The van der Waals surface area contributed by atoms with E-state index in [1.54, 1.807) is 0 Å². The summed E-state index contributed by atoms with van der Waals surface area (Å²) in [7, 11) is 0. The third kappa shape index (κ3) is 5.05. The highest BCUT2D eigenvalue weighted by molar-refractivity contribution is 7.98. The first-order valence-electron chi connectivity index (χ1n) is 7.74. The summed E-state index contributed by atoms with van der Waals surface area (Å²) in [6, 6.07) is 19.7. The Hall–Kier alpha value is -2.37. The number of carbonyl (C=O) groups is 1. The predicted octanol–water partition coefficient (Wildman–Crippen LogP) is 4.35. The van der Waals surface area contributed by atoms with Crippen molar-refractivity contribution in [3.63, 3.8) is 0 Å². The zero-order valence-corrected chi connectivity index (χ0v) is 14.9. The molecule has 0 saturated carbocycles. The molecular weight excluding hydrogens is 354 g/mol. The van der Waals surface area contributed by atoms with Crippen molar-refractivity contribution < 1.29 is 4.79 Å². The van der Waals surface area contributed by atoms with Crippen LogP contribution in [0.1, 0.15) is 21.6 Å². The van der Waals surface area contributed by atoms with Gasteiger partial charge in [-0.15, -0.1) is 0 Å². The molecule has 1 amide bonds. The van der Waals surface area contributed by atoms with Crippen molar-refractivity contribution in [2.45, 2.75) is 17.5 Å². The van der Waals surface area contributed by atoms with E-state index in [-0.39, 0.29) is 16.6 Å². The molecule has 1 heterocycles. The van der Waals surface area contributed by atoms with Crippen molar-refractivity contribution in [3.05, 3.63) is 88.7 Å². The van der Waals surface area contributed by atoms with Crippen molar-refractivity contribution in [3.8, 4) is 0 Å². The molecule has 0 unspecified atom stereocenters. The maximum absolute atomic E-state index is 12.4. The van der Waals surface area contributed by atoms with E-state index in [4.69, 9.17) is 11.6 Å². The highest BCUT2D eigenvalue weighted by Crippen LogP contribution is 2.21. The van der Waals surface area contributed by atoms with Crippen LogP contribution in [-0.4, -0.2) is 15.9 Å². The van der Waals surface area contributed by atoms with Crippen LogP contribution in [0.3, 0.4) is 0 Å². The molecule has 126 valence electrons. The second-order valence-corrected chi connectivity index (χ2v) is 6.64. The van der Waals surface area contributed by atoms with E-state index in [2.05, 4.69) is 15.3 Å². The summed E-state index contributed by atoms with van der Waals surface area (Å²) in [6.45, 7) is 0.423. The minimum atomic E-state index is -0.308. The molecule has 1 N–H and O–H groups in total. The summed E-state index contributed by atoms with van der Waals surface area (Å²) >= 11 is 7.56. The standard InChI is InChI=1S/C19H16ClN3OS/c20-16-12-22-19(25-13-15-9-5-2-6-10-15)23-17(16)18(24)21-11-14-7-3-1-4-8-14/h1-10,12H,11,13H2,(H,21,24). The molecule has 25 heavy (non-hydrogen) atoms. The number of rotatable bonds is 6. The highest BCUT2D eigenvalue weighted by Gasteiger charge is 2.14. The number of nitrogens with one attached hydrogen (secondary N) is 1. The van der Waals surface area contributed by atoms with Crippen LogP contribution in [0, 0.1) is 0 Å². The van der Waals surface area contributed by atoms with Crippen LogP contribution < -0.4 is 5.32 Å². The van der Waals surface area contributed by atoms with E-state index in [0.717, 1.165) is 11.3 Å². The summed E-state index contributed by atoms with van der Waals surface area (Å²) in [5, 5.41) is 3.61. The van der Waals surface area contributed by atoms with Gasteiger partial charge in [0.25, 0.3) is 5.91 Å². The van der Waals surface area contributed by atoms with Crippen molar-refractivity contribution >= 4 is 29.3 Å².